The van der Waals surface area contributed by atoms with Crippen LogP contribution in [0, 0.1) is 5.82 Å². The molecule has 1 aliphatic heterocycles. The van der Waals surface area contributed by atoms with Gasteiger partial charge in [-0.25, -0.2) is 9.37 Å². The van der Waals surface area contributed by atoms with Crippen LogP contribution in [0.4, 0.5) is 10.2 Å². The molecule has 2 heterocycles. The minimum absolute atomic E-state index is 0.0662. The highest BCUT2D eigenvalue weighted by Gasteiger charge is 2.20. The predicted octanol–water partition coefficient (Wildman–Crippen LogP) is 1.33. The maximum atomic E-state index is 14.0. The number of aromatic nitrogens is 1. The lowest BCUT2D eigenvalue weighted by Crippen LogP contribution is -2.31. The molecule has 1 aromatic rings. The van der Waals surface area contributed by atoms with E-state index in [1.807, 2.05) is 11.8 Å². The quantitative estimate of drug-likeness (QED) is 0.847. The Morgan fingerprint density at radius 3 is 3.24 bits per heavy atom. The van der Waals surface area contributed by atoms with Gasteiger partial charge in [-0.1, -0.05) is 0 Å². The van der Waals surface area contributed by atoms with Crippen molar-refractivity contribution in [3.05, 3.63) is 23.6 Å². The normalized spacial score (nSPS) is 21.4. The summed E-state index contributed by atoms with van der Waals surface area (Å²) in [5, 5.41) is 9.04. The van der Waals surface area contributed by atoms with Crippen molar-refractivity contribution in [2.75, 3.05) is 24.6 Å². The van der Waals surface area contributed by atoms with Gasteiger partial charge in [0.1, 0.15) is 0 Å². The molecule has 0 radical (unpaired) electrons. The van der Waals surface area contributed by atoms with Crippen LogP contribution < -0.4 is 4.90 Å². The fraction of sp³-hybridized carbons (Fsp3) is 0.583. The van der Waals surface area contributed by atoms with Crippen molar-refractivity contribution in [3.8, 4) is 0 Å². The highest BCUT2D eigenvalue weighted by Crippen LogP contribution is 2.21. The molecule has 0 bridgehead atoms. The Morgan fingerprint density at radius 2 is 2.47 bits per heavy atom. The second-order valence-electron chi connectivity index (χ2n) is 4.25. The minimum atomic E-state index is -0.427. The molecular weight excluding hydrogens is 223 g/mol. The lowest BCUT2D eigenvalue weighted by molar-refractivity contribution is 0.0820. The summed E-state index contributed by atoms with van der Waals surface area (Å²) in [5.74, 6) is -0.113. The summed E-state index contributed by atoms with van der Waals surface area (Å²) in [6.45, 7) is 3.70. The summed E-state index contributed by atoms with van der Waals surface area (Å²) in [5.41, 5.74) is 0.285. The van der Waals surface area contributed by atoms with E-state index in [9.17, 15) is 4.39 Å². The number of hydrogen-bond donors (Lipinski definition) is 1. The Labute approximate surface area is 100 Å². The molecule has 94 valence electrons. The first-order chi connectivity index (χ1) is 8.22. The van der Waals surface area contributed by atoms with Gasteiger partial charge in [-0.05, 0) is 19.4 Å². The molecule has 0 spiro atoms. The first kappa shape index (κ1) is 12.3. The SMILES string of the molecule is CC1CN(c2nccc(CO)c2F)CCCO1. The van der Waals surface area contributed by atoms with Gasteiger partial charge in [0, 0.05) is 31.5 Å². The van der Waals surface area contributed by atoms with E-state index in [4.69, 9.17) is 9.84 Å². The third kappa shape index (κ3) is 2.73. The van der Waals surface area contributed by atoms with Crippen LogP contribution in [0.5, 0.6) is 0 Å². The number of rotatable bonds is 2. The van der Waals surface area contributed by atoms with E-state index < -0.39 is 5.82 Å². The summed E-state index contributed by atoms with van der Waals surface area (Å²) in [6.07, 6.45) is 2.45. The van der Waals surface area contributed by atoms with Crippen molar-refractivity contribution in [2.24, 2.45) is 0 Å². The van der Waals surface area contributed by atoms with Gasteiger partial charge in [0.15, 0.2) is 11.6 Å². The van der Waals surface area contributed by atoms with Gasteiger partial charge in [-0.2, -0.15) is 0 Å². The molecule has 1 aliphatic rings. The fourth-order valence-electron chi connectivity index (χ4n) is 2.00. The van der Waals surface area contributed by atoms with Gasteiger partial charge in [0.2, 0.25) is 0 Å². The molecule has 1 saturated heterocycles. The summed E-state index contributed by atoms with van der Waals surface area (Å²) >= 11 is 0. The third-order valence-electron chi connectivity index (χ3n) is 2.87. The molecule has 0 saturated carbocycles. The number of hydrogen-bond acceptors (Lipinski definition) is 4. The van der Waals surface area contributed by atoms with Gasteiger partial charge >= 0.3 is 0 Å². The molecular formula is C12H17FN2O2. The molecule has 1 aromatic heterocycles. The summed E-state index contributed by atoms with van der Waals surface area (Å²) in [4.78, 5) is 5.95. The van der Waals surface area contributed by atoms with E-state index in [2.05, 4.69) is 4.98 Å². The monoisotopic (exact) mass is 240 g/mol. The van der Waals surface area contributed by atoms with Crippen LogP contribution in [0.15, 0.2) is 12.3 Å². The second-order valence-corrected chi connectivity index (χ2v) is 4.25. The Balaban J connectivity index is 2.25. The molecule has 5 heteroatoms. The largest absolute Gasteiger partial charge is 0.392 e. The van der Waals surface area contributed by atoms with E-state index in [1.54, 1.807) is 0 Å². The Bertz CT molecular complexity index is 387. The summed E-state index contributed by atoms with van der Waals surface area (Å²) in [6, 6.07) is 1.50. The molecule has 2 rings (SSSR count). The smallest absolute Gasteiger partial charge is 0.171 e. The fourth-order valence-corrected chi connectivity index (χ4v) is 2.00. The summed E-state index contributed by atoms with van der Waals surface area (Å²) in [7, 11) is 0. The van der Waals surface area contributed by atoms with E-state index in [0.29, 0.717) is 19.0 Å². The van der Waals surface area contributed by atoms with Crippen LogP contribution in [0.3, 0.4) is 0 Å². The van der Waals surface area contributed by atoms with E-state index in [0.717, 1.165) is 13.0 Å². The number of anilines is 1. The van der Waals surface area contributed by atoms with Crippen molar-refractivity contribution in [1.29, 1.82) is 0 Å². The Hall–Kier alpha value is -1.20. The van der Waals surface area contributed by atoms with Gasteiger partial charge in [0.05, 0.1) is 12.7 Å². The molecule has 4 nitrogen and oxygen atoms in total. The molecule has 0 amide bonds. The molecule has 1 N–H and O–H groups in total. The zero-order valence-corrected chi connectivity index (χ0v) is 9.90. The average molecular weight is 240 g/mol. The number of aliphatic hydroxyl groups excluding tert-OH is 1. The van der Waals surface area contributed by atoms with Crippen LogP contribution in [0.2, 0.25) is 0 Å². The summed E-state index contributed by atoms with van der Waals surface area (Å²) < 4.78 is 19.5. The molecule has 0 aliphatic carbocycles. The Kier molecular flexibility index (Phi) is 3.91. The first-order valence-corrected chi connectivity index (χ1v) is 5.83. The lowest BCUT2D eigenvalue weighted by Gasteiger charge is -2.24. The molecule has 1 fully saturated rings. The van der Waals surface area contributed by atoms with Crippen LogP contribution in [0.25, 0.3) is 0 Å². The second kappa shape index (κ2) is 5.42. The van der Waals surface area contributed by atoms with Gasteiger partial charge < -0.3 is 14.7 Å². The van der Waals surface area contributed by atoms with Gasteiger partial charge in [0.25, 0.3) is 0 Å². The number of aliphatic hydroxyl groups is 1. The number of ether oxygens (including phenoxy) is 1. The van der Waals surface area contributed by atoms with Gasteiger partial charge in [-0.15, -0.1) is 0 Å². The topological polar surface area (TPSA) is 45.6 Å². The van der Waals surface area contributed by atoms with Crippen LogP contribution in [-0.2, 0) is 11.3 Å². The lowest BCUT2D eigenvalue weighted by atomic mass is 10.2. The van der Waals surface area contributed by atoms with Crippen LogP contribution in [0.1, 0.15) is 18.9 Å². The van der Waals surface area contributed by atoms with Crippen molar-refractivity contribution in [1.82, 2.24) is 4.98 Å². The highest BCUT2D eigenvalue weighted by atomic mass is 19.1. The van der Waals surface area contributed by atoms with Crippen LogP contribution >= 0.6 is 0 Å². The maximum Gasteiger partial charge on any atom is 0.171 e. The van der Waals surface area contributed by atoms with Crippen LogP contribution in [-0.4, -0.2) is 35.9 Å². The molecule has 17 heavy (non-hydrogen) atoms. The number of halogens is 1. The van der Waals surface area contributed by atoms with Gasteiger partial charge in [-0.3, -0.25) is 0 Å². The third-order valence-corrected chi connectivity index (χ3v) is 2.87. The zero-order chi connectivity index (χ0) is 12.3. The number of nitrogens with zero attached hydrogens (tertiary/aromatic N) is 2. The maximum absolute atomic E-state index is 14.0. The van der Waals surface area contributed by atoms with Crippen molar-refractivity contribution < 1.29 is 14.2 Å². The zero-order valence-electron chi connectivity index (χ0n) is 9.90. The highest BCUT2D eigenvalue weighted by molar-refractivity contribution is 5.43. The average Bonchev–Trinajstić information content (AvgIpc) is 2.54. The van der Waals surface area contributed by atoms with Crippen molar-refractivity contribution in [2.45, 2.75) is 26.1 Å². The molecule has 1 unspecified atom stereocenters. The standard InChI is InChI=1S/C12H17FN2O2/c1-9-7-15(5-2-6-17-9)12-11(13)10(8-16)3-4-14-12/h3-4,9,16H,2,5-8H2,1H3. The molecule has 0 aromatic carbocycles. The van der Waals surface area contributed by atoms with Crippen molar-refractivity contribution in [3.63, 3.8) is 0 Å². The van der Waals surface area contributed by atoms with E-state index in [-0.39, 0.29) is 18.3 Å². The minimum Gasteiger partial charge on any atom is -0.392 e. The number of pyridine rings is 1. The van der Waals surface area contributed by atoms with E-state index >= 15 is 0 Å². The van der Waals surface area contributed by atoms with Crippen molar-refractivity contribution >= 4 is 5.82 Å². The Morgan fingerprint density at radius 1 is 1.65 bits per heavy atom. The first-order valence-electron chi connectivity index (χ1n) is 5.83. The molecule has 1 atom stereocenters. The predicted molar refractivity (Wildman–Crippen MR) is 62.4 cm³/mol. The van der Waals surface area contributed by atoms with E-state index in [1.165, 1.54) is 12.3 Å².